The van der Waals surface area contributed by atoms with Crippen LogP contribution in [-0.2, 0) is 23.9 Å². The quantitative estimate of drug-likeness (QED) is 0.559. The van der Waals surface area contributed by atoms with E-state index in [1.165, 1.54) is 7.05 Å². The minimum absolute atomic E-state index is 0.0538. The third kappa shape index (κ3) is 5.35. The number of hydrogen-bond acceptors (Lipinski definition) is 5. The van der Waals surface area contributed by atoms with Gasteiger partial charge in [-0.2, -0.15) is 0 Å². The number of hydrogen-bond donors (Lipinski definition) is 2. The number of benzene rings is 2. The Morgan fingerprint density at radius 3 is 2.11 bits per heavy atom. The van der Waals surface area contributed by atoms with Crippen LogP contribution in [0.1, 0.15) is 91.4 Å². The van der Waals surface area contributed by atoms with Crippen LogP contribution in [0, 0.1) is 5.82 Å². The highest BCUT2D eigenvalue weighted by atomic mass is 19.1. The van der Waals surface area contributed by atoms with E-state index >= 15 is 4.39 Å². The molecule has 1 aliphatic rings. The van der Waals surface area contributed by atoms with Gasteiger partial charge in [-0.05, 0) is 41.5 Å². The minimum atomic E-state index is -0.549. The molecule has 6 nitrogen and oxygen atoms in total. The molecule has 0 saturated heterocycles. The number of nitrogens with zero attached hydrogens (tertiary/aromatic N) is 1. The van der Waals surface area contributed by atoms with Gasteiger partial charge in [0, 0.05) is 42.4 Å². The molecule has 0 unspecified atom stereocenters. The highest BCUT2D eigenvalue weighted by molar-refractivity contribution is 5.99. The lowest BCUT2D eigenvalue weighted by atomic mass is 9.78. The number of carbonyl (C=O) groups excluding carboxylic acids is 2. The minimum Gasteiger partial charge on any atom is -0.507 e. The summed E-state index contributed by atoms with van der Waals surface area (Å²) in [6.07, 6.45) is 0. The third-order valence-corrected chi connectivity index (χ3v) is 6.37. The second kappa shape index (κ2) is 9.61. The van der Waals surface area contributed by atoms with Crippen molar-refractivity contribution in [1.29, 1.82) is 0 Å². The van der Waals surface area contributed by atoms with Gasteiger partial charge in [0.25, 0.3) is 5.91 Å². The van der Waals surface area contributed by atoms with E-state index in [2.05, 4.69) is 5.32 Å². The molecule has 2 aromatic rings. The lowest BCUT2D eigenvalue weighted by Gasteiger charge is -2.28. The Kier molecular flexibility index (Phi) is 7.32. The molecule has 190 valence electrons. The van der Waals surface area contributed by atoms with E-state index in [-0.39, 0.29) is 53.4 Å². The Morgan fingerprint density at radius 1 is 1.06 bits per heavy atom. The largest absolute Gasteiger partial charge is 0.507 e. The number of aromatic hydroxyl groups is 1. The second-order valence-corrected chi connectivity index (χ2v) is 11.2. The molecule has 1 heterocycles. The molecule has 0 saturated carbocycles. The van der Waals surface area contributed by atoms with Crippen molar-refractivity contribution in [2.75, 3.05) is 20.2 Å². The fourth-order valence-electron chi connectivity index (χ4n) is 4.49. The van der Waals surface area contributed by atoms with Crippen molar-refractivity contribution < 1.29 is 23.8 Å². The molecular weight excluding hydrogens is 447 g/mol. The Morgan fingerprint density at radius 2 is 1.63 bits per heavy atom. The summed E-state index contributed by atoms with van der Waals surface area (Å²) in [5.41, 5.74) is 2.55. The highest BCUT2D eigenvalue weighted by Gasteiger charge is 2.31. The van der Waals surface area contributed by atoms with Crippen molar-refractivity contribution in [3.8, 4) is 11.5 Å². The number of amides is 1. The molecule has 0 atom stereocenters. The summed E-state index contributed by atoms with van der Waals surface area (Å²) >= 11 is 0. The molecular formula is C28H37FN2O4. The molecule has 3 rings (SSSR count). The number of Topliss-reactive ketones (excluding diaryl/α,β-unsaturated/α-hetero) is 1. The van der Waals surface area contributed by atoms with Crippen molar-refractivity contribution in [3.05, 3.63) is 57.4 Å². The molecule has 0 spiro atoms. The van der Waals surface area contributed by atoms with Gasteiger partial charge < -0.3 is 15.2 Å². The van der Waals surface area contributed by atoms with Crippen LogP contribution in [0.4, 0.5) is 4.39 Å². The molecule has 0 bridgehead atoms. The average molecular weight is 485 g/mol. The first-order valence-electron chi connectivity index (χ1n) is 12.0. The summed E-state index contributed by atoms with van der Waals surface area (Å²) in [4.78, 5) is 27.6. The smallest absolute Gasteiger partial charge is 0.254 e. The van der Waals surface area contributed by atoms with E-state index in [1.54, 1.807) is 25.1 Å². The van der Waals surface area contributed by atoms with Crippen molar-refractivity contribution >= 4 is 11.7 Å². The molecule has 7 heteroatoms. The van der Waals surface area contributed by atoms with E-state index in [9.17, 15) is 14.7 Å². The number of ketones is 1. The fourth-order valence-corrected chi connectivity index (χ4v) is 4.49. The van der Waals surface area contributed by atoms with Crippen molar-refractivity contribution in [2.45, 2.75) is 72.4 Å². The summed E-state index contributed by atoms with van der Waals surface area (Å²) in [6.45, 7) is 14.7. The monoisotopic (exact) mass is 484 g/mol. The zero-order valence-corrected chi connectivity index (χ0v) is 22.1. The molecule has 1 amide bonds. The van der Waals surface area contributed by atoms with Crippen LogP contribution in [0.15, 0.2) is 18.2 Å². The maximum Gasteiger partial charge on any atom is 0.254 e. The number of ether oxygens (including phenoxy) is 1. The van der Waals surface area contributed by atoms with Crippen molar-refractivity contribution in [1.82, 2.24) is 10.2 Å². The molecule has 2 N–H and O–H groups in total. The Labute approximate surface area is 207 Å². The Balaban J connectivity index is 1.93. The van der Waals surface area contributed by atoms with Crippen LogP contribution in [0.3, 0.4) is 0 Å². The third-order valence-electron chi connectivity index (χ3n) is 6.37. The van der Waals surface area contributed by atoms with Gasteiger partial charge in [0.1, 0.15) is 5.75 Å². The number of halogens is 1. The zero-order valence-electron chi connectivity index (χ0n) is 22.1. The van der Waals surface area contributed by atoms with Gasteiger partial charge in [0.2, 0.25) is 0 Å². The molecule has 2 aromatic carbocycles. The summed E-state index contributed by atoms with van der Waals surface area (Å²) in [7, 11) is 1.49. The zero-order chi connectivity index (χ0) is 26.3. The topological polar surface area (TPSA) is 78.9 Å². The predicted molar refractivity (Wildman–Crippen MR) is 135 cm³/mol. The van der Waals surface area contributed by atoms with Crippen LogP contribution in [0.2, 0.25) is 0 Å². The molecule has 0 fully saturated rings. The van der Waals surface area contributed by atoms with Gasteiger partial charge in [0.05, 0.1) is 18.7 Å². The van der Waals surface area contributed by atoms with E-state index in [4.69, 9.17) is 4.74 Å². The standard InChI is InChI=1S/C28H37FN2O4/c1-9-35-25-18(26(34)30-8)10-17-13-31(14-19(17)23(25)29)15-22(32)16-11-20(27(2,3)4)24(33)21(12-16)28(5,6)7/h10-12,33H,9,13-15H2,1-8H3,(H,30,34). The van der Waals surface area contributed by atoms with Crippen LogP contribution in [0.5, 0.6) is 11.5 Å². The summed E-state index contributed by atoms with van der Waals surface area (Å²) in [6, 6.07) is 5.20. The number of carbonyl (C=O) groups is 2. The second-order valence-electron chi connectivity index (χ2n) is 11.2. The maximum atomic E-state index is 15.3. The lowest BCUT2D eigenvalue weighted by molar-refractivity contribution is 0.0926. The number of nitrogens with one attached hydrogen (secondary N) is 1. The van der Waals surface area contributed by atoms with Gasteiger partial charge in [-0.1, -0.05) is 41.5 Å². The molecule has 0 aliphatic carbocycles. The van der Waals surface area contributed by atoms with Crippen LogP contribution >= 0.6 is 0 Å². The first-order valence-corrected chi connectivity index (χ1v) is 12.0. The Hall–Kier alpha value is -2.93. The van der Waals surface area contributed by atoms with Crippen LogP contribution in [0.25, 0.3) is 0 Å². The maximum absolute atomic E-state index is 15.3. The van der Waals surface area contributed by atoms with Crippen molar-refractivity contribution in [3.63, 3.8) is 0 Å². The van der Waals surface area contributed by atoms with Crippen molar-refractivity contribution in [2.24, 2.45) is 0 Å². The van der Waals surface area contributed by atoms with E-state index < -0.39 is 11.7 Å². The lowest BCUT2D eigenvalue weighted by Crippen LogP contribution is -2.26. The van der Waals surface area contributed by atoms with E-state index in [0.717, 1.165) is 11.1 Å². The first kappa shape index (κ1) is 26.7. The average Bonchev–Trinajstić information content (AvgIpc) is 3.16. The van der Waals surface area contributed by atoms with E-state index in [0.29, 0.717) is 23.2 Å². The predicted octanol–water partition coefficient (Wildman–Crippen LogP) is 5.08. The van der Waals surface area contributed by atoms with Crippen LogP contribution < -0.4 is 10.1 Å². The number of rotatable bonds is 6. The highest BCUT2D eigenvalue weighted by Crippen LogP contribution is 2.40. The number of fused-ring (bicyclic) bond motifs is 1. The summed E-state index contributed by atoms with van der Waals surface area (Å²) in [5, 5.41) is 13.5. The van der Waals surface area contributed by atoms with Crippen LogP contribution in [-0.4, -0.2) is 41.9 Å². The first-order chi connectivity index (χ1) is 16.2. The van der Waals surface area contributed by atoms with Gasteiger partial charge in [-0.3, -0.25) is 14.5 Å². The molecule has 0 aromatic heterocycles. The molecule has 1 aliphatic heterocycles. The van der Waals surface area contributed by atoms with Gasteiger partial charge in [0.15, 0.2) is 17.3 Å². The van der Waals surface area contributed by atoms with Gasteiger partial charge in [-0.15, -0.1) is 0 Å². The molecule has 0 radical (unpaired) electrons. The SMILES string of the molecule is CCOc1c(C(=O)NC)cc2c(c1F)CN(CC(=O)c1cc(C(C)(C)C)c(O)c(C(C)(C)C)c1)C2. The fraction of sp³-hybridized carbons (Fsp3) is 0.500. The Bertz CT molecular complexity index is 1120. The number of phenols is 1. The summed E-state index contributed by atoms with van der Waals surface area (Å²) in [5.74, 6) is -0.902. The van der Waals surface area contributed by atoms with Gasteiger partial charge in [-0.25, -0.2) is 4.39 Å². The normalized spacial score (nSPS) is 14.1. The molecule has 35 heavy (non-hydrogen) atoms. The summed E-state index contributed by atoms with van der Waals surface area (Å²) < 4.78 is 20.8. The number of phenolic OH excluding ortho intramolecular Hbond substituents is 1. The van der Waals surface area contributed by atoms with E-state index in [1.807, 2.05) is 46.4 Å². The van der Waals surface area contributed by atoms with Gasteiger partial charge >= 0.3 is 0 Å².